The molecule has 1 aromatic heterocycles. The Morgan fingerprint density at radius 2 is 1.52 bits per heavy atom. The highest BCUT2D eigenvalue weighted by Crippen LogP contribution is 2.29. The molecule has 0 amide bonds. The number of aromatic nitrogens is 1. The molecule has 0 unspecified atom stereocenters. The number of carbonyl (C=O) groups is 1. The molecule has 164 valence electrons. The first-order valence-electron chi connectivity index (χ1n) is 10.3. The third-order valence-electron chi connectivity index (χ3n) is 5.09. The van der Waals surface area contributed by atoms with E-state index in [-0.39, 0.29) is 30.2 Å². The van der Waals surface area contributed by atoms with E-state index in [0.717, 1.165) is 11.1 Å². The fourth-order valence-electron chi connectivity index (χ4n) is 3.63. The van der Waals surface area contributed by atoms with E-state index in [4.69, 9.17) is 4.74 Å². The maximum atomic E-state index is 13.8. The van der Waals surface area contributed by atoms with Crippen LogP contribution in [0.15, 0.2) is 65.6 Å². The maximum Gasteiger partial charge on any atom is 0.341 e. The summed E-state index contributed by atoms with van der Waals surface area (Å²) in [7, 11) is -3.97. The molecule has 2 aromatic carbocycles. The summed E-state index contributed by atoms with van der Waals surface area (Å²) in [6, 6.07) is 19.2. The molecule has 0 aliphatic carbocycles. The van der Waals surface area contributed by atoms with Crippen molar-refractivity contribution >= 4 is 16.0 Å². The fraction of sp³-hybridized carbons (Fsp3) is 0.292. The van der Waals surface area contributed by atoms with Crippen molar-refractivity contribution in [2.24, 2.45) is 0 Å². The number of ether oxygens (including phenoxy) is 1. The first-order valence-corrected chi connectivity index (χ1v) is 11.7. The van der Waals surface area contributed by atoms with Crippen LogP contribution in [0, 0.1) is 13.8 Å². The molecule has 31 heavy (non-hydrogen) atoms. The van der Waals surface area contributed by atoms with Crippen LogP contribution in [0.2, 0.25) is 0 Å². The number of carbonyl (C=O) groups excluding carboxylic acids is 1. The second-order valence-electron chi connectivity index (χ2n) is 7.36. The Morgan fingerprint density at radius 1 is 0.935 bits per heavy atom. The molecular formula is C24H28N2O4S. The van der Waals surface area contributed by atoms with Crippen molar-refractivity contribution in [1.82, 2.24) is 9.29 Å². The van der Waals surface area contributed by atoms with Crippen LogP contribution in [0.1, 0.15) is 39.8 Å². The fourth-order valence-corrected chi connectivity index (χ4v) is 5.47. The van der Waals surface area contributed by atoms with Gasteiger partial charge < -0.3 is 9.72 Å². The van der Waals surface area contributed by atoms with Crippen molar-refractivity contribution in [2.45, 2.75) is 38.6 Å². The monoisotopic (exact) mass is 440 g/mol. The zero-order valence-corrected chi connectivity index (χ0v) is 18.9. The highest BCUT2D eigenvalue weighted by atomic mass is 32.2. The second kappa shape index (κ2) is 9.94. The lowest BCUT2D eigenvalue weighted by atomic mass is 10.1. The Hall–Kier alpha value is -2.90. The van der Waals surface area contributed by atoms with E-state index in [2.05, 4.69) is 4.98 Å². The average Bonchev–Trinajstić information content (AvgIpc) is 3.07. The molecule has 1 N–H and O–H groups in total. The summed E-state index contributed by atoms with van der Waals surface area (Å²) in [5.74, 6) is -0.634. The lowest BCUT2D eigenvalue weighted by molar-refractivity contribution is 0.0521. The third kappa shape index (κ3) is 5.24. The number of aromatic amines is 1. The Labute approximate surface area is 183 Å². The molecule has 0 atom stereocenters. The van der Waals surface area contributed by atoms with Gasteiger partial charge in [-0.05, 0) is 38.3 Å². The second-order valence-corrected chi connectivity index (χ2v) is 9.23. The van der Waals surface area contributed by atoms with Crippen molar-refractivity contribution in [3.8, 4) is 0 Å². The van der Waals surface area contributed by atoms with Gasteiger partial charge in [-0.1, -0.05) is 60.7 Å². The van der Waals surface area contributed by atoms with Gasteiger partial charge in [-0.15, -0.1) is 0 Å². The molecule has 0 aliphatic rings. The van der Waals surface area contributed by atoms with Gasteiger partial charge in [0.25, 0.3) is 0 Å². The standard InChI is InChI=1S/C24H28N2O4S/c1-4-30-24(27)22-18(2)25-19(3)23(22)31(28,29)26(17-21-13-9-6-10-14-21)16-15-20-11-7-5-8-12-20/h5-14,25H,4,15-17H2,1-3H3. The minimum atomic E-state index is -3.97. The summed E-state index contributed by atoms with van der Waals surface area (Å²) in [5, 5.41) is 0. The maximum absolute atomic E-state index is 13.8. The molecule has 6 nitrogen and oxygen atoms in total. The third-order valence-corrected chi connectivity index (χ3v) is 7.11. The molecule has 3 aromatic rings. The summed E-state index contributed by atoms with van der Waals surface area (Å²) >= 11 is 0. The van der Waals surface area contributed by atoms with Crippen LogP contribution < -0.4 is 0 Å². The first kappa shape index (κ1) is 22.8. The predicted octanol–water partition coefficient (Wildman–Crippen LogP) is 4.24. The minimum Gasteiger partial charge on any atom is -0.462 e. The molecular weight excluding hydrogens is 412 g/mol. The van der Waals surface area contributed by atoms with Gasteiger partial charge in [-0.2, -0.15) is 4.31 Å². The minimum absolute atomic E-state index is 0.00700. The quantitative estimate of drug-likeness (QED) is 0.505. The zero-order valence-electron chi connectivity index (χ0n) is 18.1. The van der Waals surface area contributed by atoms with E-state index in [1.165, 1.54) is 4.31 Å². The number of hydrogen-bond acceptors (Lipinski definition) is 4. The van der Waals surface area contributed by atoms with Gasteiger partial charge >= 0.3 is 5.97 Å². The molecule has 0 aliphatic heterocycles. The van der Waals surface area contributed by atoms with Crippen molar-refractivity contribution in [1.29, 1.82) is 0 Å². The molecule has 0 bridgehead atoms. The highest BCUT2D eigenvalue weighted by Gasteiger charge is 2.34. The highest BCUT2D eigenvalue weighted by molar-refractivity contribution is 7.89. The molecule has 0 fully saturated rings. The average molecular weight is 441 g/mol. The summed E-state index contributed by atoms with van der Waals surface area (Å²) in [4.78, 5) is 15.6. The van der Waals surface area contributed by atoms with Crippen molar-refractivity contribution in [3.63, 3.8) is 0 Å². The van der Waals surface area contributed by atoms with Gasteiger partial charge in [0.2, 0.25) is 10.0 Å². The van der Waals surface area contributed by atoms with Gasteiger partial charge in [0.05, 0.1) is 6.61 Å². The predicted molar refractivity (Wildman–Crippen MR) is 120 cm³/mol. The number of esters is 1. The summed E-state index contributed by atoms with van der Waals surface area (Å²) in [6.45, 7) is 5.71. The number of aryl methyl sites for hydroxylation is 2. The molecule has 0 saturated carbocycles. The van der Waals surface area contributed by atoms with Gasteiger partial charge in [-0.25, -0.2) is 13.2 Å². The molecule has 3 rings (SSSR count). The van der Waals surface area contributed by atoms with E-state index in [1.807, 2.05) is 60.7 Å². The Bertz CT molecular complexity index is 1120. The van der Waals surface area contributed by atoms with E-state index in [0.29, 0.717) is 17.8 Å². The smallest absolute Gasteiger partial charge is 0.341 e. The molecule has 7 heteroatoms. The molecule has 0 spiro atoms. The number of benzene rings is 2. The Balaban J connectivity index is 2.02. The van der Waals surface area contributed by atoms with Crippen LogP contribution in [-0.4, -0.2) is 36.8 Å². The van der Waals surface area contributed by atoms with Gasteiger partial charge in [0, 0.05) is 24.5 Å². The molecule has 0 saturated heterocycles. The number of H-pyrrole nitrogens is 1. The normalized spacial score (nSPS) is 11.6. The lowest BCUT2D eigenvalue weighted by Crippen LogP contribution is -2.33. The molecule has 0 radical (unpaired) electrons. The number of nitrogens with zero attached hydrogens (tertiary/aromatic N) is 1. The SMILES string of the molecule is CCOC(=O)c1c(C)[nH]c(C)c1S(=O)(=O)N(CCc1ccccc1)Cc1ccccc1. The zero-order chi connectivity index (χ0) is 22.4. The number of rotatable bonds is 9. The van der Waals surface area contributed by atoms with E-state index in [1.54, 1.807) is 20.8 Å². The van der Waals surface area contributed by atoms with E-state index < -0.39 is 16.0 Å². The number of sulfonamides is 1. The number of nitrogens with one attached hydrogen (secondary N) is 1. The van der Waals surface area contributed by atoms with E-state index in [9.17, 15) is 13.2 Å². The van der Waals surface area contributed by atoms with Crippen LogP contribution in [-0.2, 0) is 27.7 Å². The van der Waals surface area contributed by atoms with Crippen molar-refractivity contribution in [2.75, 3.05) is 13.2 Å². The first-order chi connectivity index (χ1) is 14.8. The van der Waals surface area contributed by atoms with Crippen LogP contribution in [0.25, 0.3) is 0 Å². The van der Waals surface area contributed by atoms with Gasteiger partial charge in [0.1, 0.15) is 10.5 Å². The summed E-state index contributed by atoms with van der Waals surface area (Å²) < 4.78 is 34.2. The largest absolute Gasteiger partial charge is 0.462 e. The molecule has 1 heterocycles. The Kier molecular flexibility index (Phi) is 7.30. The van der Waals surface area contributed by atoms with Crippen LogP contribution in [0.5, 0.6) is 0 Å². The summed E-state index contributed by atoms with van der Waals surface area (Å²) in [5.41, 5.74) is 2.91. The lowest BCUT2D eigenvalue weighted by Gasteiger charge is -2.23. The topological polar surface area (TPSA) is 79.5 Å². The van der Waals surface area contributed by atoms with Crippen LogP contribution in [0.4, 0.5) is 0 Å². The summed E-state index contributed by atoms with van der Waals surface area (Å²) in [6.07, 6.45) is 0.560. The van der Waals surface area contributed by atoms with Gasteiger partial charge in [-0.3, -0.25) is 0 Å². The van der Waals surface area contributed by atoms with Crippen molar-refractivity contribution in [3.05, 3.63) is 88.7 Å². The Morgan fingerprint density at radius 3 is 2.10 bits per heavy atom. The number of hydrogen-bond donors (Lipinski definition) is 1. The van der Waals surface area contributed by atoms with Gasteiger partial charge in [0.15, 0.2) is 0 Å². The van der Waals surface area contributed by atoms with Crippen LogP contribution >= 0.6 is 0 Å². The van der Waals surface area contributed by atoms with Crippen molar-refractivity contribution < 1.29 is 17.9 Å². The van der Waals surface area contributed by atoms with E-state index >= 15 is 0 Å². The van der Waals surface area contributed by atoms with Crippen LogP contribution in [0.3, 0.4) is 0 Å².